The van der Waals surface area contributed by atoms with Crippen LogP contribution in [0.5, 0.6) is 0 Å². The van der Waals surface area contributed by atoms with Crippen molar-refractivity contribution in [3.63, 3.8) is 0 Å². The summed E-state index contributed by atoms with van der Waals surface area (Å²) in [5, 5.41) is 4.39. The Balaban J connectivity index is 1.60. The van der Waals surface area contributed by atoms with E-state index in [0.29, 0.717) is 12.6 Å². The fourth-order valence-corrected chi connectivity index (χ4v) is 3.18. The maximum Gasteiger partial charge on any atom is 0.202 e. The number of nitrogens with zero attached hydrogens (tertiary/aromatic N) is 4. The highest BCUT2D eigenvalue weighted by Gasteiger charge is 2.20. The van der Waals surface area contributed by atoms with Gasteiger partial charge in [0, 0.05) is 50.3 Å². The minimum Gasteiger partial charge on any atom is -0.384 e. The zero-order valence-electron chi connectivity index (χ0n) is 11.8. The molecular weight excluding hydrogens is 274 g/mol. The second kappa shape index (κ2) is 5.88. The van der Waals surface area contributed by atoms with E-state index in [0.717, 1.165) is 42.5 Å². The summed E-state index contributed by atoms with van der Waals surface area (Å²) < 4.78 is 11.6. The third-order valence-electron chi connectivity index (χ3n) is 3.44. The van der Waals surface area contributed by atoms with Crippen LogP contribution in [0, 0.1) is 6.92 Å². The summed E-state index contributed by atoms with van der Waals surface area (Å²) in [5.74, 6) is 2.05. The number of anilines is 1. The van der Waals surface area contributed by atoms with Crippen molar-refractivity contribution in [1.82, 2.24) is 18.9 Å². The number of methoxy groups -OCH3 is 1. The SMILES string of the molecule is COCCc1nsc(NC2CCc3nc(C)cn3C2)n1. The number of hydrogen-bond donors (Lipinski definition) is 1. The smallest absolute Gasteiger partial charge is 0.202 e. The van der Waals surface area contributed by atoms with Crippen molar-refractivity contribution in [3.8, 4) is 0 Å². The molecule has 1 aliphatic rings. The lowest BCUT2D eigenvalue weighted by Gasteiger charge is -2.24. The van der Waals surface area contributed by atoms with Gasteiger partial charge in [-0.2, -0.15) is 4.37 Å². The van der Waals surface area contributed by atoms with E-state index in [1.54, 1.807) is 7.11 Å². The first-order valence-corrected chi connectivity index (χ1v) is 7.62. The monoisotopic (exact) mass is 293 g/mol. The molecule has 6 nitrogen and oxygen atoms in total. The van der Waals surface area contributed by atoms with Crippen LogP contribution in [0.2, 0.25) is 0 Å². The van der Waals surface area contributed by atoms with Gasteiger partial charge in [-0.1, -0.05) is 0 Å². The van der Waals surface area contributed by atoms with Crippen molar-refractivity contribution in [2.45, 2.75) is 38.8 Å². The lowest BCUT2D eigenvalue weighted by atomic mass is 10.1. The molecule has 108 valence electrons. The summed E-state index contributed by atoms with van der Waals surface area (Å²) in [7, 11) is 1.69. The first kappa shape index (κ1) is 13.5. The Hall–Kier alpha value is -1.47. The zero-order chi connectivity index (χ0) is 13.9. The van der Waals surface area contributed by atoms with Gasteiger partial charge < -0.3 is 14.6 Å². The van der Waals surface area contributed by atoms with Crippen LogP contribution in [-0.2, 0) is 24.1 Å². The number of ether oxygens (including phenoxy) is 1. The van der Waals surface area contributed by atoms with Crippen molar-refractivity contribution in [3.05, 3.63) is 23.5 Å². The molecule has 0 amide bonds. The van der Waals surface area contributed by atoms with Gasteiger partial charge in [0.2, 0.25) is 5.13 Å². The highest BCUT2D eigenvalue weighted by atomic mass is 32.1. The van der Waals surface area contributed by atoms with E-state index in [1.165, 1.54) is 17.4 Å². The second-order valence-corrected chi connectivity index (χ2v) is 5.84. The molecule has 2 aromatic rings. The Morgan fingerprint density at radius 3 is 3.25 bits per heavy atom. The molecule has 2 aromatic heterocycles. The Bertz CT molecular complexity index is 579. The molecule has 1 aliphatic heterocycles. The zero-order valence-corrected chi connectivity index (χ0v) is 12.6. The van der Waals surface area contributed by atoms with Crippen LogP contribution in [0.4, 0.5) is 5.13 Å². The van der Waals surface area contributed by atoms with E-state index in [2.05, 4.69) is 30.4 Å². The molecule has 0 bridgehead atoms. The summed E-state index contributed by atoms with van der Waals surface area (Å²) in [6.07, 6.45) is 4.99. The molecule has 0 aliphatic carbocycles. The second-order valence-electron chi connectivity index (χ2n) is 5.09. The van der Waals surface area contributed by atoms with Crippen LogP contribution in [-0.4, -0.2) is 38.7 Å². The summed E-state index contributed by atoms with van der Waals surface area (Å²) in [6.45, 7) is 3.65. The largest absolute Gasteiger partial charge is 0.384 e. The lowest BCUT2D eigenvalue weighted by Crippen LogP contribution is -2.31. The minimum atomic E-state index is 0.402. The number of fused-ring (bicyclic) bond motifs is 1. The molecule has 3 rings (SSSR count). The van der Waals surface area contributed by atoms with Crippen LogP contribution in [0.15, 0.2) is 6.20 Å². The lowest BCUT2D eigenvalue weighted by molar-refractivity contribution is 0.201. The Morgan fingerprint density at radius 2 is 2.40 bits per heavy atom. The van der Waals surface area contributed by atoms with Gasteiger partial charge in [0.05, 0.1) is 12.3 Å². The molecule has 0 saturated heterocycles. The normalized spacial score (nSPS) is 18.0. The minimum absolute atomic E-state index is 0.402. The Kier molecular flexibility index (Phi) is 3.98. The number of hydrogen-bond acceptors (Lipinski definition) is 6. The van der Waals surface area contributed by atoms with Gasteiger partial charge in [0.25, 0.3) is 0 Å². The van der Waals surface area contributed by atoms with Crippen LogP contribution >= 0.6 is 11.5 Å². The molecule has 0 saturated carbocycles. The van der Waals surface area contributed by atoms with Crippen LogP contribution < -0.4 is 5.32 Å². The molecule has 1 unspecified atom stereocenters. The number of aromatic nitrogens is 4. The highest BCUT2D eigenvalue weighted by Crippen LogP contribution is 2.20. The van der Waals surface area contributed by atoms with Crippen LogP contribution in [0.25, 0.3) is 0 Å². The van der Waals surface area contributed by atoms with E-state index in [1.807, 2.05) is 6.92 Å². The van der Waals surface area contributed by atoms with Gasteiger partial charge in [-0.25, -0.2) is 9.97 Å². The standard InChI is InChI=1S/C13H19N5OS/c1-9-7-18-8-10(3-4-12(18)14-9)15-13-16-11(17-20-13)5-6-19-2/h7,10H,3-6,8H2,1-2H3,(H,15,16,17). The summed E-state index contributed by atoms with van der Waals surface area (Å²) in [6, 6.07) is 0.402. The third kappa shape index (κ3) is 2.99. The number of aryl methyl sites for hydroxylation is 2. The van der Waals surface area contributed by atoms with Gasteiger partial charge in [-0.05, 0) is 13.3 Å². The molecular formula is C13H19N5OS. The molecule has 7 heteroatoms. The number of nitrogens with one attached hydrogen (secondary N) is 1. The van der Waals surface area contributed by atoms with E-state index in [9.17, 15) is 0 Å². The average Bonchev–Trinajstić information content (AvgIpc) is 3.01. The van der Waals surface area contributed by atoms with E-state index in [-0.39, 0.29) is 0 Å². The van der Waals surface area contributed by atoms with Crippen molar-refractivity contribution in [2.75, 3.05) is 19.0 Å². The summed E-state index contributed by atoms with van der Waals surface area (Å²) in [5.41, 5.74) is 1.10. The fourth-order valence-electron chi connectivity index (χ4n) is 2.49. The molecule has 0 spiro atoms. The highest BCUT2D eigenvalue weighted by molar-refractivity contribution is 7.09. The maximum absolute atomic E-state index is 5.04. The fraction of sp³-hybridized carbons (Fsp3) is 0.615. The molecule has 0 radical (unpaired) electrons. The van der Waals surface area contributed by atoms with Gasteiger partial charge in [-0.3, -0.25) is 0 Å². The summed E-state index contributed by atoms with van der Waals surface area (Å²) in [4.78, 5) is 9.02. The maximum atomic E-state index is 5.04. The van der Waals surface area contributed by atoms with E-state index >= 15 is 0 Å². The van der Waals surface area contributed by atoms with Gasteiger partial charge >= 0.3 is 0 Å². The first-order valence-electron chi connectivity index (χ1n) is 6.85. The quantitative estimate of drug-likeness (QED) is 0.908. The third-order valence-corrected chi connectivity index (χ3v) is 4.12. The summed E-state index contributed by atoms with van der Waals surface area (Å²) >= 11 is 1.43. The first-order chi connectivity index (χ1) is 9.74. The molecule has 0 aromatic carbocycles. The molecule has 1 N–H and O–H groups in total. The number of imidazole rings is 1. The van der Waals surface area contributed by atoms with Crippen molar-refractivity contribution in [2.24, 2.45) is 0 Å². The Morgan fingerprint density at radius 1 is 1.50 bits per heavy atom. The predicted molar refractivity (Wildman–Crippen MR) is 78.2 cm³/mol. The average molecular weight is 293 g/mol. The van der Waals surface area contributed by atoms with Gasteiger partial charge in [-0.15, -0.1) is 0 Å². The molecule has 20 heavy (non-hydrogen) atoms. The molecule has 0 fully saturated rings. The number of rotatable bonds is 5. The Labute approximate surface area is 122 Å². The van der Waals surface area contributed by atoms with E-state index in [4.69, 9.17) is 4.74 Å². The van der Waals surface area contributed by atoms with E-state index < -0.39 is 0 Å². The van der Waals surface area contributed by atoms with Crippen molar-refractivity contribution in [1.29, 1.82) is 0 Å². The molecule has 1 atom stereocenters. The van der Waals surface area contributed by atoms with Crippen LogP contribution in [0.1, 0.15) is 23.8 Å². The topological polar surface area (TPSA) is 64.9 Å². The van der Waals surface area contributed by atoms with Crippen molar-refractivity contribution >= 4 is 16.7 Å². The van der Waals surface area contributed by atoms with Gasteiger partial charge in [0.1, 0.15) is 11.6 Å². The molecule has 3 heterocycles. The van der Waals surface area contributed by atoms with Crippen LogP contribution in [0.3, 0.4) is 0 Å². The van der Waals surface area contributed by atoms with Crippen molar-refractivity contribution < 1.29 is 4.74 Å². The van der Waals surface area contributed by atoms with Gasteiger partial charge in [0.15, 0.2) is 0 Å². The predicted octanol–water partition coefficient (Wildman–Crippen LogP) is 1.66.